The average molecular weight is 285 g/mol. The second-order valence-electron chi connectivity index (χ2n) is 7.39. The molecule has 3 saturated carbocycles. The maximum absolute atomic E-state index is 6.57. The molecule has 1 saturated heterocycles. The molecule has 21 heavy (non-hydrogen) atoms. The number of methoxy groups -OCH3 is 1. The van der Waals surface area contributed by atoms with Crippen LogP contribution in [0.5, 0.6) is 11.5 Å². The minimum Gasteiger partial charge on any atom is -0.493 e. The summed E-state index contributed by atoms with van der Waals surface area (Å²) in [5.74, 6) is 2.71. The Bertz CT molecular complexity index is 585. The van der Waals surface area contributed by atoms with Gasteiger partial charge in [0.1, 0.15) is 6.10 Å². The van der Waals surface area contributed by atoms with Crippen LogP contribution in [0, 0.1) is 11.3 Å². The van der Waals surface area contributed by atoms with Crippen molar-refractivity contribution in [2.24, 2.45) is 11.3 Å². The van der Waals surface area contributed by atoms with E-state index in [0.717, 1.165) is 30.5 Å². The number of hydrogen-bond acceptors (Lipinski definition) is 3. The van der Waals surface area contributed by atoms with Gasteiger partial charge in [-0.05, 0) is 56.0 Å². The molecule has 0 aromatic heterocycles. The maximum atomic E-state index is 6.57. The molecule has 112 valence electrons. The van der Waals surface area contributed by atoms with Gasteiger partial charge >= 0.3 is 0 Å². The molecule has 3 nitrogen and oxygen atoms in total. The molecule has 2 spiro atoms. The number of hydrogen-bond donors (Lipinski definition) is 1. The summed E-state index contributed by atoms with van der Waals surface area (Å²) in [4.78, 5) is 0. The van der Waals surface area contributed by atoms with E-state index in [1.54, 1.807) is 7.11 Å². The van der Waals surface area contributed by atoms with Crippen molar-refractivity contribution in [1.82, 2.24) is 5.32 Å². The standard InChI is InChI=1S/C18H23NO2/c1-20-14-4-2-3-13-15(14)21-16-12-5-7-17(8-6-12)11-19-10-9-18(13,16)17/h2-4,12,16,19H,5-11H2,1H3. The summed E-state index contributed by atoms with van der Waals surface area (Å²) in [6.07, 6.45) is 7.00. The van der Waals surface area contributed by atoms with Crippen LogP contribution >= 0.6 is 0 Å². The number of para-hydroxylation sites is 1. The lowest BCUT2D eigenvalue weighted by atomic mass is 9.43. The third kappa shape index (κ3) is 1.26. The van der Waals surface area contributed by atoms with E-state index >= 15 is 0 Å². The summed E-state index contributed by atoms with van der Waals surface area (Å²) < 4.78 is 12.2. The van der Waals surface area contributed by atoms with Crippen molar-refractivity contribution < 1.29 is 9.47 Å². The monoisotopic (exact) mass is 285 g/mol. The van der Waals surface area contributed by atoms with E-state index in [-0.39, 0.29) is 5.41 Å². The van der Waals surface area contributed by atoms with Crippen molar-refractivity contribution in [3.05, 3.63) is 23.8 Å². The number of piperidine rings is 1. The predicted molar refractivity (Wildman–Crippen MR) is 81.0 cm³/mol. The van der Waals surface area contributed by atoms with Crippen LogP contribution in [0.2, 0.25) is 0 Å². The van der Waals surface area contributed by atoms with Crippen molar-refractivity contribution in [2.45, 2.75) is 43.6 Å². The van der Waals surface area contributed by atoms with Gasteiger partial charge in [0.2, 0.25) is 0 Å². The van der Waals surface area contributed by atoms with E-state index in [1.165, 1.54) is 37.7 Å². The van der Waals surface area contributed by atoms with Crippen LogP contribution in [0.4, 0.5) is 0 Å². The van der Waals surface area contributed by atoms with Crippen molar-refractivity contribution in [3.63, 3.8) is 0 Å². The molecule has 6 rings (SSSR count). The molecular formula is C18H23NO2. The molecule has 2 atom stereocenters. The van der Waals surface area contributed by atoms with Gasteiger partial charge in [-0.2, -0.15) is 0 Å². The quantitative estimate of drug-likeness (QED) is 0.860. The molecule has 3 aliphatic carbocycles. The van der Waals surface area contributed by atoms with E-state index in [1.807, 2.05) is 6.07 Å². The lowest BCUT2D eigenvalue weighted by Gasteiger charge is -2.63. The Morgan fingerprint density at radius 2 is 2.10 bits per heavy atom. The second-order valence-corrected chi connectivity index (χ2v) is 7.39. The van der Waals surface area contributed by atoms with Crippen LogP contribution in [-0.4, -0.2) is 26.3 Å². The summed E-state index contributed by atoms with van der Waals surface area (Å²) in [6.45, 7) is 2.28. The lowest BCUT2D eigenvalue weighted by molar-refractivity contribution is -0.119. The zero-order valence-corrected chi connectivity index (χ0v) is 12.7. The van der Waals surface area contributed by atoms with Crippen LogP contribution in [0.25, 0.3) is 0 Å². The normalized spacial score (nSPS) is 42.7. The minimum absolute atomic E-state index is 0.239. The molecular weight excluding hydrogens is 262 g/mol. The third-order valence-corrected chi connectivity index (χ3v) is 6.93. The Labute approximate surface area is 126 Å². The fraction of sp³-hybridized carbons (Fsp3) is 0.667. The zero-order chi connectivity index (χ0) is 14.1. The molecule has 1 N–H and O–H groups in total. The number of benzene rings is 1. The Hall–Kier alpha value is -1.22. The average Bonchev–Trinajstić information content (AvgIpc) is 2.90. The zero-order valence-electron chi connectivity index (χ0n) is 12.7. The fourth-order valence-corrected chi connectivity index (χ4v) is 6.05. The van der Waals surface area contributed by atoms with Gasteiger partial charge < -0.3 is 14.8 Å². The first-order valence-electron chi connectivity index (χ1n) is 8.36. The van der Waals surface area contributed by atoms with Gasteiger partial charge in [-0.15, -0.1) is 0 Å². The van der Waals surface area contributed by atoms with Crippen LogP contribution < -0.4 is 14.8 Å². The lowest BCUT2D eigenvalue weighted by Crippen LogP contribution is -2.68. The van der Waals surface area contributed by atoms with Crippen LogP contribution in [0.15, 0.2) is 18.2 Å². The summed E-state index contributed by atoms with van der Waals surface area (Å²) in [5, 5.41) is 3.68. The molecule has 2 bridgehead atoms. The largest absolute Gasteiger partial charge is 0.493 e. The van der Waals surface area contributed by atoms with Gasteiger partial charge in [0.05, 0.1) is 7.11 Å². The first-order valence-corrected chi connectivity index (χ1v) is 8.36. The minimum atomic E-state index is 0.239. The Kier molecular flexibility index (Phi) is 2.32. The van der Waals surface area contributed by atoms with E-state index < -0.39 is 0 Å². The number of nitrogens with one attached hydrogen (secondary N) is 1. The molecule has 2 heterocycles. The van der Waals surface area contributed by atoms with Crippen molar-refractivity contribution in [3.8, 4) is 11.5 Å². The highest BCUT2D eigenvalue weighted by Gasteiger charge is 2.68. The van der Waals surface area contributed by atoms with Crippen LogP contribution in [0.1, 0.15) is 37.7 Å². The highest BCUT2D eigenvalue weighted by Crippen LogP contribution is 2.69. The molecule has 2 aliphatic heterocycles. The van der Waals surface area contributed by atoms with Gasteiger partial charge in [-0.1, -0.05) is 12.1 Å². The Morgan fingerprint density at radius 1 is 1.24 bits per heavy atom. The number of rotatable bonds is 1. The van der Waals surface area contributed by atoms with E-state index in [2.05, 4.69) is 17.4 Å². The SMILES string of the molecule is COc1cccc2c1OC1C3CCC4(CC3)CNCCC214. The molecule has 2 unspecified atom stereocenters. The van der Waals surface area contributed by atoms with Gasteiger partial charge in [0, 0.05) is 17.5 Å². The van der Waals surface area contributed by atoms with Crippen LogP contribution in [-0.2, 0) is 5.41 Å². The smallest absolute Gasteiger partial charge is 0.165 e. The molecule has 0 amide bonds. The topological polar surface area (TPSA) is 30.5 Å². The van der Waals surface area contributed by atoms with Gasteiger partial charge in [0.15, 0.2) is 11.5 Å². The second kappa shape index (κ2) is 3.95. The highest BCUT2D eigenvalue weighted by molar-refractivity contribution is 5.56. The fourth-order valence-electron chi connectivity index (χ4n) is 6.05. The first-order chi connectivity index (χ1) is 10.3. The summed E-state index contributed by atoms with van der Waals surface area (Å²) >= 11 is 0. The summed E-state index contributed by atoms with van der Waals surface area (Å²) in [5.41, 5.74) is 2.09. The Morgan fingerprint density at radius 3 is 2.90 bits per heavy atom. The summed E-state index contributed by atoms with van der Waals surface area (Å²) in [7, 11) is 1.76. The predicted octanol–water partition coefficient (Wildman–Crippen LogP) is 2.88. The van der Waals surface area contributed by atoms with Gasteiger partial charge in [-0.25, -0.2) is 0 Å². The highest BCUT2D eigenvalue weighted by atomic mass is 16.5. The van der Waals surface area contributed by atoms with Crippen molar-refractivity contribution in [2.75, 3.05) is 20.2 Å². The third-order valence-electron chi connectivity index (χ3n) is 6.93. The van der Waals surface area contributed by atoms with Crippen molar-refractivity contribution >= 4 is 0 Å². The molecule has 4 fully saturated rings. The molecule has 1 aromatic carbocycles. The van der Waals surface area contributed by atoms with E-state index in [4.69, 9.17) is 9.47 Å². The molecule has 5 aliphatic rings. The van der Waals surface area contributed by atoms with Gasteiger partial charge in [-0.3, -0.25) is 0 Å². The van der Waals surface area contributed by atoms with Gasteiger partial charge in [0.25, 0.3) is 0 Å². The maximum Gasteiger partial charge on any atom is 0.165 e. The summed E-state index contributed by atoms with van der Waals surface area (Å²) in [6, 6.07) is 6.50. The van der Waals surface area contributed by atoms with Crippen molar-refractivity contribution in [1.29, 1.82) is 0 Å². The molecule has 0 radical (unpaired) electrons. The number of fused-ring (bicyclic) bond motifs is 3. The van der Waals surface area contributed by atoms with Crippen LogP contribution in [0.3, 0.4) is 0 Å². The molecule has 1 aromatic rings. The van der Waals surface area contributed by atoms with E-state index in [0.29, 0.717) is 11.5 Å². The number of ether oxygens (including phenoxy) is 2. The molecule has 3 heteroatoms. The Balaban J connectivity index is 1.77. The van der Waals surface area contributed by atoms with E-state index in [9.17, 15) is 0 Å². The first kappa shape index (κ1) is 12.3.